The van der Waals surface area contributed by atoms with Crippen LogP contribution in [0, 0.1) is 0 Å². The van der Waals surface area contributed by atoms with Gasteiger partial charge in [0.2, 0.25) is 0 Å². The highest BCUT2D eigenvalue weighted by Crippen LogP contribution is 2.30. The fraction of sp³-hybridized carbons (Fsp3) is 0.500. The van der Waals surface area contributed by atoms with Crippen LogP contribution in [0.15, 0.2) is 24.3 Å². The molecule has 0 aliphatic carbocycles. The minimum Gasteiger partial charge on any atom is -0.468 e. The summed E-state index contributed by atoms with van der Waals surface area (Å²) in [6, 6.07) is 6.81. The van der Waals surface area contributed by atoms with E-state index in [1.54, 1.807) is 6.07 Å². The summed E-state index contributed by atoms with van der Waals surface area (Å²) in [6.45, 7) is 1.32. The summed E-state index contributed by atoms with van der Waals surface area (Å²) in [4.78, 5) is 14.1. The van der Waals surface area contributed by atoms with Crippen molar-refractivity contribution in [3.05, 3.63) is 34.9 Å². The maximum Gasteiger partial charge on any atom is 0.327 e. The number of carbonyl (C=O) groups is 1. The lowest BCUT2D eigenvalue weighted by Crippen LogP contribution is -2.42. The van der Waals surface area contributed by atoms with E-state index in [-0.39, 0.29) is 12.1 Å². The minimum atomic E-state index is -0.494. The van der Waals surface area contributed by atoms with Crippen LogP contribution in [0.2, 0.25) is 5.02 Å². The molecule has 0 amide bonds. The van der Waals surface area contributed by atoms with Crippen LogP contribution in [-0.2, 0) is 9.53 Å². The fourth-order valence-corrected chi connectivity index (χ4v) is 2.66. The Kier molecular flexibility index (Phi) is 4.80. The molecule has 1 atom stereocenters. The smallest absolute Gasteiger partial charge is 0.327 e. The van der Waals surface area contributed by atoms with Crippen LogP contribution in [0.5, 0.6) is 0 Å². The van der Waals surface area contributed by atoms with E-state index in [1.807, 2.05) is 23.1 Å². The van der Waals surface area contributed by atoms with Crippen LogP contribution in [-0.4, -0.2) is 42.3 Å². The van der Waals surface area contributed by atoms with Gasteiger partial charge < -0.3 is 9.84 Å². The van der Waals surface area contributed by atoms with Gasteiger partial charge in [-0.2, -0.15) is 0 Å². The Morgan fingerprint density at radius 3 is 2.63 bits per heavy atom. The predicted molar refractivity (Wildman–Crippen MR) is 73.0 cm³/mol. The molecule has 0 saturated carbocycles. The lowest BCUT2D eigenvalue weighted by molar-refractivity contribution is -0.148. The van der Waals surface area contributed by atoms with Crippen molar-refractivity contribution in [1.29, 1.82) is 0 Å². The van der Waals surface area contributed by atoms with E-state index in [1.165, 1.54) is 7.11 Å². The molecule has 19 heavy (non-hydrogen) atoms. The number of carbonyl (C=O) groups excluding carboxylic acids is 1. The third-order valence-corrected chi connectivity index (χ3v) is 3.83. The van der Waals surface area contributed by atoms with Crippen LogP contribution >= 0.6 is 11.6 Å². The van der Waals surface area contributed by atoms with Crippen molar-refractivity contribution in [3.63, 3.8) is 0 Å². The van der Waals surface area contributed by atoms with Gasteiger partial charge in [-0.05, 0) is 24.5 Å². The van der Waals surface area contributed by atoms with E-state index < -0.39 is 6.04 Å². The van der Waals surface area contributed by atoms with Crippen molar-refractivity contribution in [2.45, 2.75) is 25.0 Å². The first-order chi connectivity index (χ1) is 9.13. The lowest BCUT2D eigenvalue weighted by Gasteiger charge is -2.35. The third-order valence-electron chi connectivity index (χ3n) is 3.49. The Morgan fingerprint density at radius 2 is 2.05 bits per heavy atom. The van der Waals surface area contributed by atoms with Crippen LogP contribution in [0.1, 0.15) is 24.4 Å². The van der Waals surface area contributed by atoms with E-state index in [0.29, 0.717) is 31.0 Å². The number of hydrogen-bond acceptors (Lipinski definition) is 4. The molecule has 5 heteroatoms. The number of piperidine rings is 1. The normalized spacial score (nSPS) is 19.1. The van der Waals surface area contributed by atoms with E-state index in [4.69, 9.17) is 16.3 Å². The van der Waals surface area contributed by atoms with Gasteiger partial charge in [-0.15, -0.1) is 0 Å². The largest absolute Gasteiger partial charge is 0.468 e. The molecule has 1 aromatic rings. The average Bonchev–Trinajstić information content (AvgIpc) is 2.43. The zero-order valence-corrected chi connectivity index (χ0v) is 11.6. The Morgan fingerprint density at radius 1 is 1.42 bits per heavy atom. The molecule has 0 radical (unpaired) electrons. The second-order valence-electron chi connectivity index (χ2n) is 4.71. The number of hydrogen-bond donors (Lipinski definition) is 1. The van der Waals surface area contributed by atoms with Gasteiger partial charge in [0.05, 0.1) is 13.2 Å². The summed E-state index contributed by atoms with van der Waals surface area (Å²) in [6.07, 6.45) is 1.05. The van der Waals surface area contributed by atoms with Crippen molar-refractivity contribution in [3.8, 4) is 0 Å². The predicted octanol–water partition coefficient (Wildman–Crippen LogP) is 2.01. The SMILES string of the molecule is COC(=O)C(c1ccccc1Cl)N1CCC(O)CC1. The second kappa shape index (κ2) is 6.37. The van der Waals surface area contributed by atoms with E-state index in [2.05, 4.69) is 0 Å². The number of likely N-dealkylation sites (tertiary alicyclic amines) is 1. The number of nitrogens with zero attached hydrogens (tertiary/aromatic N) is 1. The van der Waals surface area contributed by atoms with Gasteiger partial charge in [0.25, 0.3) is 0 Å². The molecule has 1 aliphatic rings. The van der Waals surface area contributed by atoms with Gasteiger partial charge >= 0.3 is 5.97 Å². The van der Waals surface area contributed by atoms with Crippen LogP contribution in [0.4, 0.5) is 0 Å². The molecule has 1 unspecified atom stereocenters. The van der Waals surface area contributed by atoms with Crippen LogP contribution in [0.25, 0.3) is 0 Å². The molecule has 0 bridgehead atoms. The number of benzene rings is 1. The molecule has 1 saturated heterocycles. The van der Waals surface area contributed by atoms with E-state index in [0.717, 1.165) is 5.56 Å². The topological polar surface area (TPSA) is 49.8 Å². The van der Waals surface area contributed by atoms with Gasteiger partial charge in [-0.25, -0.2) is 4.79 Å². The van der Waals surface area contributed by atoms with Crippen molar-refractivity contribution < 1.29 is 14.6 Å². The van der Waals surface area contributed by atoms with Crippen LogP contribution in [0.3, 0.4) is 0 Å². The standard InChI is InChI=1S/C14H18ClNO3/c1-19-14(18)13(11-4-2-3-5-12(11)15)16-8-6-10(17)7-9-16/h2-5,10,13,17H,6-9H2,1H3. The number of esters is 1. The Labute approximate surface area is 117 Å². The zero-order valence-electron chi connectivity index (χ0n) is 10.9. The monoisotopic (exact) mass is 283 g/mol. The van der Waals surface area contributed by atoms with Gasteiger partial charge in [0.15, 0.2) is 0 Å². The van der Waals surface area contributed by atoms with Crippen molar-refractivity contribution in [2.75, 3.05) is 20.2 Å². The van der Waals surface area contributed by atoms with Crippen LogP contribution < -0.4 is 0 Å². The molecular formula is C14H18ClNO3. The number of halogens is 1. The first-order valence-electron chi connectivity index (χ1n) is 6.38. The molecule has 0 spiro atoms. The molecule has 4 nitrogen and oxygen atoms in total. The first-order valence-corrected chi connectivity index (χ1v) is 6.75. The Balaban J connectivity index is 2.26. The maximum atomic E-state index is 12.1. The molecular weight excluding hydrogens is 266 g/mol. The molecule has 1 aromatic carbocycles. The lowest BCUT2D eigenvalue weighted by atomic mass is 10.0. The number of aliphatic hydroxyl groups is 1. The molecule has 1 fully saturated rings. The van der Waals surface area contributed by atoms with Crippen molar-refractivity contribution in [2.24, 2.45) is 0 Å². The second-order valence-corrected chi connectivity index (χ2v) is 5.12. The molecule has 1 heterocycles. The van der Waals surface area contributed by atoms with Crippen molar-refractivity contribution in [1.82, 2.24) is 4.90 Å². The summed E-state index contributed by atoms with van der Waals surface area (Å²) < 4.78 is 4.90. The molecule has 1 aliphatic heterocycles. The van der Waals surface area contributed by atoms with Gasteiger partial charge in [-0.3, -0.25) is 4.90 Å². The molecule has 2 rings (SSSR count). The van der Waals surface area contributed by atoms with Crippen molar-refractivity contribution >= 4 is 17.6 Å². The summed E-state index contributed by atoms with van der Waals surface area (Å²) in [5.41, 5.74) is 0.757. The molecule has 104 valence electrons. The van der Waals surface area contributed by atoms with Gasteiger partial charge in [0.1, 0.15) is 6.04 Å². The van der Waals surface area contributed by atoms with E-state index >= 15 is 0 Å². The minimum absolute atomic E-state index is 0.277. The highest BCUT2D eigenvalue weighted by atomic mass is 35.5. The number of aliphatic hydroxyl groups excluding tert-OH is 1. The maximum absolute atomic E-state index is 12.1. The first kappa shape index (κ1) is 14.3. The molecule has 1 N–H and O–H groups in total. The fourth-order valence-electron chi connectivity index (χ4n) is 2.43. The Hall–Kier alpha value is -1.10. The Bertz CT molecular complexity index is 444. The quantitative estimate of drug-likeness (QED) is 0.862. The van der Waals surface area contributed by atoms with Gasteiger partial charge in [0, 0.05) is 18.1 Å². The molecule has 0 aromatic heterocycles. The highest BCUT2D eigenvalue weighted by molar-refractivity contribution is 6.31. The number of rotatable bonds is 3. The summed E-state index contributed by atoms with van der Waals surface area (Å²) in [5.74, 6) is -0.315. The third kappa shape index (κ3) is 3.26. The van der Waals surface area contributed by atoms with E-state index in [9.17, 15) is 9.90 Å². The number of ether oxygens (including phenoxy) is 1. The summed E-state index contributed by atoms with van der Waals surface area (Å²) in [7, 11) is 1.38. The van der Waals surface area contributed by atoms with Gasteiger partial charge in [-0.1, -0.05) is 29.8 Å². The zero-order chi connectivity index (χ0) is 13.8. The average molecular weight is 284 g/mol. The summed E-state index contributed by atoms with van der Waals surface area (Å²) in [5, 5.41) is 10.1. The number of methoxy groups -OCH3 is 1. The summed E-state index contributed by atoms with van der Waals surface area (Å²) >= 11 is 6.18. The highest BCUT2D eigenvalue weighted by Gasteiger charge is 2.32.